The van der Waals surface area contributed by atoms with E-state index in [1.54, 1.807) is 19.0 Å². The lowest BCUT2D eigenvalue weighted by Gasteiger charge is -2.34. The minimum atomic E-state index is -1.12. The van der Waals surface area contributed by atoms with E-state index in [0.717, 1.165) is 0 Å². The first kappa shape index (κ1) is 14.4. The zero-order valence-electron chi connectivity index (χ0n) is 10.5. The number of likely N-dealkylation sites (tertiary alicyclic amines) is 1. The molecule has 0 spiro atoms. The smallest absolute Gasteiger partial charge is 0.308 e. The molecule has 2 N–H and O–H groups in total. The number of rotatable bonds is 4. The fourth-order valence-corrected chi connectivity index (χ4v) is 2.04. The first-order valence-corrected chi connectivity index (χ1v) is 5.71. The average Bonchev–Trinajstić information content (AvgIpc) is 2.28. The Kier molecular flexibility index (Phi) is 4.66. The van der Waals surface area contributed by atoms with Crippen LogP contribution in [0.15, 0.2) is 0 Å². The molecule has 102 valence electrons. The van der Waals surface area contributed by atoms with Crippen LogP contribution in [0.5, 0.6) is 0 Å². The van der Waals surface area contributed by atoms with Crippen LogP contribution in [0.1, 0.15) is 6.42 Å². The third-order valence-electron chi connectivity index (χ3n) is 3.19. The molecular formula is C11H18N2O5. The Hall–Kier alpha value is -1.63. The minimum absolute atomic E-state index is 0.103. The van der Waals surface area contributed by atoms with Crippen molar-refractivity contribution >= 4 is 17.8 Å². The highest BCUT2D eigenvalue weighted by Crippen LogP contribution is 2.24. The second-order valence-electron chi connectivity index (χ2n) is 4.70. The molecule has 2 unspecified atom stereocenters. The normalized spacial score (nSPS) is 24.6. The number of hydrogen-bond acceptors (Lipinski definition) is 4. The fourth-order valence-electron chi connectivity index (χ4n) is 2.04. The van der Waals surface area contributed by atoms with Crippen LogP contribution in [0, 0.1) is 11.8 Å². The molecule has 18 heavy (non-hydrogen) atoms. The summed E-state index contributed by atoms with van der Waals surface area (Å²) in [6.45, 7) is 0.662. The molecule has 1 fully saturated rings. The van der Waals surface area contributed by atoms with E-state index in [9.17, 15) is 14.4 Å². The quantitative estimate of drug-likeness (QED) is 0.684. The Morgan fingerprint density at radius 3 is 2.17 bits per heavy atom. The molecule has 7 heteroatoms. The topological polar surface area (TPSA) is 98.2 Å². The maximum absolute atomic E-state index is 11.5. The monoisotopic (exact) mass is 258 g/mol. The second-order valence-corrected chi connectivity index (χ2v) is 4.70. The van der Waals surface area contributed by atoms with Gasteiger partial charge in [-0.15, -0.1) is 0 Å². The van der Waals surface area contributed by atoms with Crippen LogP contribution >= 0.6 is 0 Å². The summed E-state index contributed by atoms with van der Waals surface area (Å²) >= 11 is 0. The van der Waals surface area contributed by atoms with Gasteiger partial charge in [0.1, 0.15) is 0 Å². The van der Waals surface area contributed by atoms with Gasteiger partial charge in [-0.25, -0.2) is 0 Å². The molecule has 1 rings (SSSR count). The van der Waals surface area contributed by atoms with Crippen molar-refractivity contribution in [3.63, 3.8) is 0 Å². The Labute approximate surface area is 105 Å². The molecule has 1 aliphatic rings. The van der Waals surface area contributed by atoms with Crippen molar-refractivity contribution < 1.29 is 24.6 Å². The number of nitrogens with zero attached hydrogens (tertiary/aromatic N) is 2. The minimum Gasteiger partial charge on any atom is -0.481 e. The van der Waals surface area contributed by atoms with Crippen LogP contribution in [0.4, 0.5) is 0 Å². The van der Waals surface area contributed by atoms with Crippen LogP contribution in [-0.4, -0.2) is 71.6 Å². The fraction of sp³-hybridized carbons (Fsp3) is 0.727. The second kappa shape index (κ2) is 5.81. The lowest BCUT2D eigenvalue weighted by Crippen LogP contribution is -2.49. The van der Waals surface area contributed by atoms with Gasteiger partial charge >= 0.3 is 11.9 Å². The van der Waals surface area contributed by atoms with Crippen molar-refractivity contribution in [2.75, 3.05) is 33.7 Å². The molecule has 1 saturated heterocycles. The van der Waals surface area contributed by atoms with Gasteiger partial charge in [0.05, 0.1) is 18.4 Å². The number of carboxylic acids is 2. The van der Waals surface area contributed by atoms with Crippen molar-refractivity contribution in [1.82, 2.24) is 9.80 Å². The van der Waals surface area contributed by atoms with Gasteiger partial charge in [0.15, 0.2) is 0 Å². The van der Waals surface area contributed by atoms with Gasteiger partial charge in [-0.05, 0) is 13.0 Å². The molecule has 1 heterocycles. The van der Waals surface area contributed by atoms with Crippen molar-refractivity contribution in [3.05, 3.63) is 0 Å². The SMILES string of the molecule is CN(C)C(=O)CN1CCC(C(=O)O)C(C(=O)O)C1. The summed E-state index contributed by atoms with van der Waals surface area (Å²) < 4.78 is 0. The molecule has 2 atom stereocenters. The molecule has 0 saturated carbocycles. The number of carbonyl (C=O) groups excluding carboxylic acids is 1. The van der Waals surface area contributed by atoms with E-state index in [2.05, 4.69) is 0 Å². The number of amides is 1. The Bertz CT molecular complexity index is 355. The van der Waals surface area contributed by atoms with E-state index in [1.165, 1.54) is 4.90 Å². The van der Waals surface area contributed by atoms with E-state index in [-0.39, 0.29) is 25.4 Å². The molecule has 1 aliphatic heterocycles. The van der Waals surface area contributed by atoms with Crippen molar-refractivity contribution in [1.29, 1.82) is 0 Å². The van der Waals surface area contributed by atoms with E-state index < -0.39 is 23.8 Å². The molecule has 0 aromatic rings. The summed E-state index contributed by atoms with van der Waals surface area (Å²) in [7, 11) is 3.25. The van der Waals surface area contributed by atoms with E-state index in [0.29, 0.717) is 6.54 Å². The number of carboxylic acid groups (broad SMARTS) is 2. The van der Waals surface area contributed by atoms with Crippen LogP contribution in [0.2, 0.25) is 0 Å². The van der Waals surface area contributed by atoms with Gasteiger partial charge in [0.2, 0.25) is 5.91 Å². The highest BCUT2D eigenvalue weighted by atomic mass is 16.4. The maximum Gasteiger partial charge on any atom is 0.308 e. The average molecular weight is 258 g/mol. The molecule has 0 aromatic carbocycles. The van der Waals surface area contributed by atoms with Gasteiger partial charge < -0.3 is 15.1 Å². The van der Waals surface area contributed by atoms with E-state index >= 15 is 0 Å². The maximum atomic E-state index is 11.5. The number of carbonyl (C=O) groups is 3. The third-order valence-corrected chi connectivity index (χ3v) is 3.19. The first-order valence-electron chi connectivity index (χ1n) is 5.71. The Morgan fingerprint density at radius 2 is 1.72 bits per heavy atom. The molecule has 7 nitrogen and oxygen atoms in total. The van der Waals surface area contributed by atoms with Gasteiger partial charge in [0, 0.05) is 20.6 Å². The van der Waals surface area contributed by atoms with Crippen LogP contribution in [0.25, 0.3) is 0 Å². The summed E-state index contributed by atoms with van der Waals surface area (Å²) in [5.41, 5.74) is 0. The van der Waals surface area contributed by atoms with Gasteiger partial charge in [-0.3, -0.25) is 19.3 Å². The molecular weight excluding hydrogens is 240 g/mol. The summed E-state index contributed by atoms with van der Waals surface area (Å²) in [4.78, 5) is 36.6. The highest BCUT2D eigenvalue weighted by Gasteiger charge is 2.39. The zero-order valence-corrected chi connectivity index (χ0v) is 10.5. The molecule has 0 aliphatic carbocycles. The predicted molar refractivity (Wildman–Crippen MR) is 62.0 cm³/mol. The predicted octanol–water partition coefficient (Wildman–Crippen LogP) is -0.818. The highest BCUT2D eigenvalue weighted by molar-refractivity contribution is 5.81. The summed E-state index contributed by atoms with van der Waals surface area (Å²) in [6.07, 6.45) is 0.257. The van der Waals surface area contributed by atoms with Crippen molar-refractivity contribution in [3.8, 4) is 0 Å². The molecule has 0 radical (unpaired) electrons. The number of aliphatic carboxylic acids is 2. The Balaban J connectivity index is 2.66. The summed E-state index contributed by atoms with van der Waals surface area (Å²) in [5, 5.41) is 18.0. The van der Waals surface area contributed by atoms with Crippen molar-refractivity contribution in [2.45, 2.75) is 6.42 Å². The third kappa shape index (κ3) is 3.43. The van der Waals surface area contributed by atoms with Crippen LogP contribution < -0.4 is 0 Å². The summed E-state index contributed by atoms with van der Waals surface area (Å²) in [5.74, 6) is -4.14. The lowest BCUT2D eigenvalue weighted by atomic mass is 9.85. The number of hydrogen-bond donors (Lipinski definition) is 2. The van der Waals surface area contributed by atoms with E-state index in [4.69, 9.17) is 10.2 Å². The number of piperidine rings is 1. The van der Waals surface area contributed by atoms with Crippen LogP contribution in [0.3, 0.4) is 0 Å². The summed E-state index contributed by atoms with van der Waals surface area (Å²) in [6, 6.07) is 0. The molecule has 0 bridgehead atoms. The largest absolute Gasteiger partial charge is 0.481 e. The zero-order chi connectivity index (χ0) is 13.9. The lowest BCUT2D eigenvalue weighted by molar-refractivity contribution is -0.157. The van der Waals surface area contributed by atoms with Crippen LogP contribution in [-0.2, 0) is 14.4 Å². The molecule has 1 amide bonds. The van der Waals surface area contributed by atoms with Gasteiger partial charge in [-0.1, -0.05) is 0 Å². The Morgan fingerprint density at radius 1 is 1.17 bits per heavy atom. The van der Waals surface area contributed by atoms with Crippen molar-refractivity contribution in [2.24, 2.45) is 11.8 Å². The van der Waals surface area contributed by atoms with Gasteiger partial charge in [0.25, 0.3) is 0 Å². The van der Waals surface area contributed by atoms with E-state index in [1.807, 2.05) is 0 Å². The standard InChI is InChI=1S/C11H18N2O5/c1-12(2)9(14)6-13-4-3-7(10(15)16)8(5-13)11(17)18/h7-8H,3-6H2,1-2H3,(H,15,16)(H,17,18). The number of likely N-dealkylation sites (N-methyl/N-ethyl adjacent to an activating group) is 1. The van der Waals surface area contributed by atoms with Gasteiger partial charge in [-0.2, -0.15) is 0 Å². The molecule has 0 aromatic heterocycles. The first-order chi connectivity index (χ1) is 8.32.